The summed E-state index contributed by atoms with van der Waals surface area (Å²) in [5, 5.41) is 18.4. The molecule has 0 unspecified atom stereocenters. The fourth-order valence-electron chi connectivity index (χ4n) is 5.32. The number of alkyl halides is 4. The Morgan fingerprint density at radius 2 is 0.562 bits per heavy atom. The van der Waals surface area contributed by atoms with Gasteiger partial charge in [0.2, 0.25) is 0 Å². The number of nitrogens with zero attached hydrogens (tertiary/aromatic N) is 6. The third-order valence-electron chi connectivity index (χ3n) is 7.68. The standard InChI is InChI=1S/2C16H19OSi.2C4H11N2.2C2H6N.2CH2Cl2.2O.2Ta/c2*1-16(2,3)18(17,14-10-6-4-7-11-14)15-12-8-5-9-13-15;2*1-5-4-6(2)3;2*1-3-2;2*2-1-3;;;;/h2*4-13H,1-3H3;2*4H2,1-3H3;2*1-2H3;2*1H2;;;;/q6*-1;;;2*-2;2*+5. The first-order chi connectivity index (χ1) is 28.1. The van der Waals surface area contributed by atoms with Crippen molar-refractivity contribution in [2.75, 3.05) is 94.5 Å². The van der Waals surface area contributed by atoms with Crippen LogP contribution in [-0.2, 0) is 55.7 Å². The Morgan fingerprint density at radius 3 is 0.641 bits per heavy atom. The van der Waals surface area contributed by atoms with Gasteiger partial charge in [-0.15, -0.1) is 46.4 Å². The molecule has 0 saturated carbocycles. The second-order valence-electron chi connectivity index (χ2n) is 15.5. The Hall–Kier alpha value is -0.446. The van der Waals surface area contributed by atoms with Crippen LogP contribution < -0.4 is 30.3 Å². The van der Waals surface area contributed by atoms with Crippen molar-refractivity contribution < 1.29 is 65.3 Å². The Balaban J connectivity index is -0.000000105. The SMILES string of the molecule is CC(C)(C)[Si]([O-])(c1ccccc1)c1ccccc1.CC(C)(C)[Si]([O-])(c1ccccc1)c1ccccc1.C[N-]C.C[N-]C.C[N-]CN(C)C.C[N-]CN(C)C.ClCCl.ClCCl.[O-2].[O-2].[Ta+5].[Ta+5]. The first kappa shape index (κ1) is 80.6. The van der Waals surface area contributed by atoms with Crippen molar-refractivity contribution in [1.29, 1.82) is 0 Å². The van der Waals surface area contributed by atoms with Crippen molar-refractivity contribution >= 4 is 83.8 Å². The number of halogens is 4. The summed E-state index contributed by atoms with van der Waals surface area (Å²) in [6, 6.07) is 39.4. The van der Waals surface area contributed by atoms with E-state index in [1.165, 1.54) is 0 Å². The van der Waals surface area contributed by atoms with E-state index in [0.29, 0.717) is 0 Å². The van der Waals surface area contributed by atoms with Gasteiger partial charge in [0.1, 0.15) is 0 Å². The van der Waals surface area contributed by atoms with E-state index in [1.807, 2.05) is 159 Å². The molecule has 0 aliphatic rings. The van der Waals surface area contributed by atoms with Crippen molar-refractivity contribution in [3.05, 3.63) is 143 Å². The molecule has 360 valence electrons. The zero-order valence-electron chi connectivity index (χ0n) is 41.1. The summed E-state index contributed by atoms with van der Waals surface area (Å²) in [7, 11) is 12.7. The van der Waals surface area contributed by atoms with E-state index >= 15 is 0 Å². The van der Waals surface area contributed by atoms with E-state index in [2.05, 4.69) is 62.8 Å². The molecule has 4 aromatic carbocycles. The molecule has 0 aliphatic carbocycles. The zero-order valence-corrected chi connectivity index (χ0v) is 52.5. The Morgan fingerprint density at radius 1 is 0.422 bits per heavy atom. The van der Waals surface area contributed by atoms with E-state index < -0.39 is 16.6 Å². The Kier molecular flexibility index (Phi) is 61.7. The summed E-state index contributed by atoms with van der Waals surface area (Å²) in [6.07, 6.45) is 0. The van der Waals surface area contributed by atoms with Gasteiger partial charge in [0.15, 0.2) is 0 Å². The van der Waals surface area contributed by atoms with Crippen LogP contribution in [0.2, 0.25) is 10.1 Å². The summed E-state index contributed by atoms with van der Waals surface area (Å²) in [5.41, 5.74) is 0. The third kappa shape index (κ3) is 35.7. The molecule has 0 atom stereocenters. The molecule has 0 radical (unpaired) electrons. The van der Waals surface area contributed by atoms with Crippen LogP contribution in [-0.4, -0.2) is 121 Å². The average molecular weight is 1340 g/mol. The van der Waals surface area contributed by atoms with Gasteiger partial charge in [0.25, 0.3) is 0 Å². The Bertz CT molecular complexity index is 1300. The van der Waals surface area contributed by atoms with Crippen molar-refractivity contribution in [2.24, 2.45) is 0 Å². The minimum absolute atomic E-state index is 0. The van der Waals surface area contributed by atoms with Crippen LogP contribution in [0.4, 0.5) is 0 Å². The Labute approximate surface area is 443 Å². The second kappa shape index (κ2) is 49.0. The van der Waals surface area contributed by atoms with E-state index in [1.54, 1.807) is 42.3 Å². The van der Waals surface area contributed by atoms with Gasteiger partial charge in [-0.1, -0.05) is 197 Å². The molecule has 18 heteroatoms. The third-order valence-corrected chi connectivity index (χ3v) is 16.5. The topological polar surface area (TPSA) is 166 Å². The fourth-order valence-corrected chi connectivity index (χ4v) is 12.1. The number of rotatable bonds is 8. The van der Waals surface area contributed by atoms with Gasteiger partial charge >= 0.3 is 44.8 Å². The summed E-state index contributed by atoms with van der Waals surface area (Å²) in [5.74, 6) is 0. The molecular formula is C46H76Cl4N6O4Si2Ta2. The van der Waals surface area contributed by atoms with Gasteiger partial charge in [-0.2, -0.15) is 42.3 Å². The molecular weight excluding hydrogens is 1260 g/mol. The molecule has 4 rings (SSSR count). The fraction of sp³-hybridized carbons (Fsp3) is 0.478. The van der Waals surface area contributed by atoms with E-state index in [-0.39, 0.29) is 76.5 Å². The second-order valence-corrected chi connectivity index (χ2v) is 25.1. The molecule has 0 spiro atoms. The van der Waals surface area contributed by atoms with Gasteiger partial charge in [-0.05, 0) is 38.3 Å². The maximum absolute atomic E-state index is 13.7. The molecule has 0 fully saturated rings. The predicted octanol–water partition coefficient (Wildman–Crippen LogP) is 8.67. The van der Waals surface area contributed by atoms with Crippen LogP contribution in [0.5, 0.6) is 0 Å². The monoisotopic (exact) mass is 1330 g/mol. The number of hydrogen-bond donors (Lipinski definition) is 0. The molecule has 0 amide bonds. The average Bonchev–Trinajstić information content (AvgIpc) is 3.20. The van der Waals surface area contributed by atoms with Crippen LogP contribution in [0.25, 0.3) is 21.3 Å². The van der Waals surface area contributed by atoms with Gasteiger partial charge in [0.05, 0.1) is 10.7 Å². The molecule has 0 heterocycles. The van der Waals surface area contributed by atoms with E-state index in [4.69, 9.17) is 46.4 Å². The maximum Gasteiger partial charge on any atom is 5.00 e. The van der Waals surface area contributed by atoms with Gasteiger partial charge in [-0.25, -0.2) is 0 Å². The van der Waals surface area contributed by atoms with Gasteiger partial charge in [0, 0.05) is 16.6 Å². The summed E-state index contributed by atoms with van der Waals surface area (Å²) >= 11 is 19.1. The summed E-state index contributed by atoms with van der Waals surface area (Å²) < 4.78 is 0. The minimum Gasteiger partial charge on any atom is -2.00 e. The van der Waals surface area contributed by atoms with Gasteiger partial charge in [-0.3, -0.25) is 0 Å². The zero-order chi connectivity index (χ0) is 47.3. The van der Waals surface area contributed by atoms with Crippen LogP contribution in [0.1, 0.15) is 41.5 Å². The molecule has 0 N–H and O–H groups in total. The van der Waals surface area contributed by atoms with E-state index in [9.17, 15) is 9.59 Å². The van der Waals surface area contributed by atoms with Crippen molar-refractivity contribution in [2.45, 2.75) is 51.6 Å². The first-order valence-corrected chi connectivity index (χ1v) is 25.3. The molecule has 0 saturated heterocycles. The van der Waals surface area contributed by atoms with Crippen molar-refractivity contribution in [3.8, 4) is 0 Å². The van der Waals surface area contributed by atoms with E-state index in [0.717, 1.165) is 34.1 Å². The van der Waals surface area contributed by atoms with Crippen molar-refractivity contribution in [3.63, 3.8) is 0 Å². The molecule has 64 heavy (non-hydrogen) atoms. The van der Waals surface area contributed by atoms with Crippen molar-refractivity contribution in [1.82, 2.24) is 9.80 Å². The maximum atomic E-state index is 13.7. The van der Waals surface area contributed by atoms with Crippen LogP contribution in [0.3, 0.4) is 0 Å². The minimum atomic E-state index is -2.95. The largest absolute Gasteiger partial charge is 5.00 e. The molecule has 10 nitrogen and oxygen atoms in total. The number of benzene rings is 4. The number of hydrogen-bond acceptors (Lipinski definition) is 4. The normalized spacial score (nSPS) is 10.0. The quantitative estimate of drug-likeness (QED) is 0.127. The molecule has 4 aromatic rings. The molecule has 0 aliphatic heterocycles. The summed E-state index contributed by atoms with van der Waals surface area (Å²) in [4.78, 5) is 31.4. The smallest absolute Gasteiger partial charge is 2.00 e. The summed E-state index contributed by atoms with van der Waals surface area (Å²) in [6.45, 7) is 14.0. The predicted molar refractivity (Wildman–Crippen MR) is 276 cm³/mol. The van der Waals surface area contributed by atoms with Gasteiger partial charge < -0.3 is 51.6 Å². The van der Waals surface area contributed by atoms with Crippen LogP contribution >= 0.6 is 46.4 Å². The molecule has 0 bridgehead atoms. The first-order valence-electron chi connectivity index (χ1n) is 19.4. The van der Waals surface area contributed by atoms with Crippen LogP contribution in [0, 0.1) is 0 Å². The van der Waals surface area contributed by atoms with Crippen LogP contribution in [0.15, 0.2) is 121 Å². The molecule has 0 aromatic heterocycles.